The number of imide groups is 1. The quantitative estimate of drug-likeness (QED) is 0.549. The summed E-state index contributed by atoms with van der Waals surface area (Å²) in [6, 6.07) is 10.6. The van der Waals surface area contributed by atoms with E-state index in [1.165, 1.54) is 4.90 Å². The van der Waals surface area contributed by atoms with Gasteiger partial charge in [-0.05, 0) is 54.3 Å². The largest absolute Gasteiger partial charge is 0.284 e. The lowest BCUT2D eigenvalue weighted by Gasteiger charge is -2.22. The van der Waals surface area contributed by atoms with Gasteiger partial charge in [0, 0.05) is 15.4 Å². The van der Waals surface area contributed by atoms with Crippen LogP contribution in [0.5, 0.6) is 0 Å². The molecular formula is C21H16Cl2N2O2. The molecule has 0 saturated heterocycles. The number of rotatable bonds is 3. The maximum absolute atomic E-state index is 13.2. The monoisotopic (exact) mass is 398 g/mol. The Morgan fingerprint density at radius 3 is 2.44 bits per heavy atom. The van der Waals surface area contributed by atoms with Gasteiger partial charge in [-0.15, -0.1) is 0 Å². The van der Waals surface area contributed by atoms with E-state index in [2.05, 4.69) is 4.98 Å². The van der Waals surface area contributed by atoms with Gasteiger partial charge in [-0.2, -0.15) is 0 Å². The Bertz CT molecular complexity index is 1120. The summed E-state index contributed by atoms with van der Waals surface area (Å²) >= 11 is 12.4. The van der Waals surface area contributed by atoms with E-state index in [4.69, 9.17) is 23.2 Å². The van der Waals surface area contributed by atoms with E-state index in [1.54, 1.807) is 24.3 Å². The van der Waals surface area contributed by atoms with Gasteiger partial charge in [0.15, 0.2) is 0 Å². The Labute approximate surface area is 166 Å². The van der Waals surface area contributed by atoms with E-state index in [9.17, 15) is 9.59 Å². The highest BCUT2D eigenvalue weighted by Gasteiger charge is 2.40. The summed E-state index contributed by atoms with van der Waals surface area (Å²) < 4.78 is 0. The number of carbonyl (C=O) groups is 2. The van der Waals surface area contributed by atoms with Crippen LogP contribution in [0.3, 0.4) is 0 Å². The molecule has 0 spiro atoms. The highest BCUT2D eigenvalue weighted by Crippen LogP contribution is 2.37. The van der Waals surface area contributed by atoms with Gasteiger partial charge >= 0.3 is 0 Å². The molecule has 0 saturated carbocycles. The van der Waals surface area contributed by atoms with Crippen molar-refractivity contribution in [3.8, 4) is 0 Å². The Kier molecular flexibility index (Phi) is 4.41. The number of benzene rings is 2. The lowest BCUT2D eigenvalue weighted by molar-refractivity contribution is 0.0924. The summed E-state index contributed by atoms with van der Waals surface area (Å²) in [7, 11) is 0. The molecule has 1 aliphatic rings. The minimum atomic E-state index is -0.418. The van der Waals surface area contributed by atoms with Crippen LogP contribution in [0, 0.1) is 0 Å². The van der Waals surface area contributed by atoms with E-state index >= 15 is 0 Å². The topological polar surface area (TPSA) is 50.3 Å². The first-order chi connectivity index (χ1) is 13.0. The summed E-state index contributed by atoms with van der Waals surface area (Å²) in [5.41, 5.74) is 3.36. The fraction of sp³-hybridized carbons (Fsp3) is 0.190. The first-order valence-electron chi connectivity index (χ1n) is 8.75. The number of aromatic nitrogens is 1. The summed E-state index contributed by atoms with van der Waals surface area (Å²) in [4.78, 5) is 32.0. The van der Waals surface area contributed by atoms with Gasteiger partial charge in [0.05, 0.1) is 16.8 Å². The van der Waals surface area contributed by atoms with Crippen LogP contribution in [-0.2, 0) is 12.8 Å². The fourth-order valence-electron chi connectivity index (χ4n) is 3.56. The molecule has 0 aliphatic carbocycles. The van der Waals surface area contributed by atoms with Gasteiger partial charge in [-0.25, -0.2) is 9.88 Å². The molecule has 0 atom stereocenters. The lowest BCUT2D eigenvalue weighted by atomic mass is 10.0. The van der Waals surface area contributed by atoms with Crippen molar-refractivity contribution in [2.24, 2.45) is 0 Å². The van der Waals surface area contributed by atoms with Crippen molar-refractivity contribution >= 4 is 51.6 Å². The molecule has 2 aromatic carbocycles. The molecule has 0 bridgehead atoms. The highest BCUT2D eigenvalue weighted by molar-refractivity contribution is 6.36. The molecule has 3 aromatic rings. The molecule has 1 aliphatic heterocycles. The second-order valence-corrected chi connectivity index (χ2v) is 7.25. The maximum Gasteiger partial charge on any atom is 0.284 e. The van der Waals surface area contributed by atoms with Crippen molar-refractivity contribution < 1.29 is 9.59 Å². The number of anilines is 1. The molecule has 2 heterocycles. The molecule has 0 unspecified atom stereocenters. The van der Waals surface area contributed by atoms with Gasteiger partial charge in [-0.3, -0.25) is 9.59 Å². The average Bonchev–Trinajstić information content (AvgIpc) is 2.89. The summed E-state index contributed by atoms with van der Waals surface area (Å²) in [5.74, 6) is -0.797. The van der Waals surface area contributed by atoms with Gasteiger partial charge in [0.2, 0.25) is 0 Å². The second kappa shape index (κ2) is 6.63. The SMILES string of the molecule is CCc1ccc(Cl)c(CC)c1N1C(=O)c2cc3cc(Cl)ccc3nc2C1=O. The van der Waals surface area contributed by atoms with E-state index in [0.717, 1.165) is 16.5 Å². The third-order valence-electron chi connectivity index (χ3n) is 4.88. The number of aryl methyl sites for hydroxylation is 1. The molecular weight excluding hydrogens is 383 g/mol. The molecule has 0 N–H and O–H groups in total. The van der Waals surface area contributed by atoms with E-state index in [-0.39, 0.29) is 11.6 Å². The van der Waals surface area contributed by atoms with Crippen molar-refractivity contribution in [1.29, 1.82) is 0 Å². The van der Waals surface area contributed by atoms with Crippen LogP contribution in [0.2, 0.25) is 10.0 Å². The first kappa shape index (κ1) is 18.0. The number of halogens is 2. The summed E-state index contributed by atoms with van der Waals surface area (Å²) in [6.45, 7) is 3.94. The van der Waals surface area contributed by atoms with Gasteiger partial charge in [-0.1, -0.05) is 43.1 Å². The number of nitrogens with zero attached hydrogens (tertiary/aromatic N) is 2. The minimum Gasteiger partial charge on any atom is -0.268 e. The van der Waals surface area contributed by atoms with E-state index in [0.29, 0.717) is 39.7 Å². The molecule has 0 radical (unpaired) electrons. The predicted molar refractivity (Wildman–Crippen MR) is 108 cm³/mol. The third kappa shape index (κ3) is 2.71. The molecule has 0 fully saturated rings. The van der Waals surface area contributed by atoms with Crippen LogP contribution >= 0.6 is 23.2 Å². The van der Waals surface area contributed by atoms with Crippen LogP contribution < -0.4 is 4.90 Å². The number of pyridine rings is 1. The van der Waals surface area contributed by atoms with Crippen molar-refractivity contribution in [2.45, 2.75) is 26.7 Å². The van der Waals surface area contributed by atoms with Crippen LogP contribution in [0.25, 0.3) is 10.9 Å². The molecule has 4 rings (SSSR count). The molecule has 6 heteroatoms. The average molecular weight is 399 g/mol. The Morgan fingerprint density at radius 1 is 0.963 bits per heavy atom. The van der Waals surface area contributed by atoms with Crippen LogP contribution in [0.15, 0.2) is 36.4 Å². The number of fused-ring (bicyclic) bond motifs is 2. The Hall–Kier alpha value is -2.43. The molecule has 4 nitrogen and oxygen atoms in total. The maximum atomic E-state index is 13.2. The normalized spacial score (nSPS) is 13.6. The fourth-order valence-corrected chi connectivity index (χ4v) is 4.02. The van der Waals surface area contributed by atoms with Crippen molar-refractivity contribution in [3.63, 3.8) is 0 Å². The van der Waals surface area contributed by atoms with Crippen LogP contribution in [0.1, 0.15) is 45.8 Å². The Morgan fingerprint density at radius 2 is 1.74 bits per heavy atom. The lowest BCUT2D eigenvalue weighted by Crippen LogP contribution is -2.31. The highest BCUT2D eigenvalue weighted by atomic mass is 35.5. The van der Waals surface area contributed by atoms with E-state index in [1.807, 2.05) is 26.0 Å². The third-order valence-corrected chi connectivity index (χ3v) is 5.47. The number of carbonyl (C=O) groups excluding carboxylic acids is 2. The zero-order valence-electron chi connectivity index (χ0n) is 14.8. The summed E-state index contributed by atoms with van der Waals surface area (Å²) in [6.07, 6.45) is 1.29. The zero-order chi connectivity index (χ0) is 19.3. The first-order valence-corrected chi connectivity index (χ1v) is 9.51. The molecule has 1 aromatic heterocycles. The summed E-state index contributed by atoms with van der Waals surface area (Å²) in [5, 5.41) is 1.82. The Balaban J connectivity index is 1.94. The van der Waals surface area contributed by atoms with Gasteiger partial charge in [0.25, 0.3) is 11.8 Å². The van der Waals surface area contributed by atoms with Crippen LogP contribution in [-0.4, -0.2) is 16.8 Å². The van der Waals surface area contributed by atoms with Crippen LogP contribution in [0.4, 0.5) is 5.69 Å². The standard InChI is InChI=1S/C21H16Cl2N2O2/c1-3-11-5-7-16(23)14(4-2)19(11)25-20(26)15-10-12-9-13(22)6-8-17(12)24-18(15)21(25)27/h5-10H,3-4H2,1-2H3. The molecule has 27 heavy (non-hydrogen) atoms. The smallest absolute Gasteiger partial charge is 0.268 e. The number of hydrogen-bond donors (Lipinski definition) is 0. The number of amides is 2. The number of hydrogen-bond acceptors (Lipinski definition) is 3. The van der Waals surface area contributed by atoms with E-state index < -0.39 is 5.91 Å². The zero-order valence-corrected chi connectivity index (χ0v) is 16.4. The molecule has 2 amide bonds. The minimum absolute atomic E-state index is 0.166. The van der Waals surface area contributed by atoms with Crippen molar-refractivity contribution in [1.82, 2.24) is 4.98 Å². The van der Waals surface area contributed by atoms with Crippen molar-refractivity contribution in [2.75, 3.05) is 4.90 Å². The van der Waals surface area contributed by atoms with Gasteiger partial charge < -0.3 is 0 Å². The molecule has 136 valence electrons. The van der Waals surface area contributed by atoms with Gasteiger partial charge in [0.1, 0.15) is 5.69 Å². The second-order valence-electron chi connectivity index (χ2n) is 6.41. The van der Waals surface area contributed by atoms with Crippen molar-refractivity contribution in [3.05, 3.63) is 68.8 Å². The predicted octanol–water partition coefficient (Wildman–Crippen LogP) is 5.47.